The minimum Gasteiger partial charge on any atom is -0.368 e. The van der Waals surface area contributed by atoms with E-state index in [9.17, 15) is 13.2 Å². The third kappa shape index (κ3) is 7.16. The van der Waals surface area contributed by atoms with E-state index < -0.39 is 10.0 Å². The SMILES string of the molecule is CC(=O)Nc1nc(C)c(S(=O)(=O)N2CCN(CC(OCc3cccc(C)c3)c3ccc(Cl)cc3)CC2)s1. The van der Waals surface area contributed by atoms with Crippen molar-refractivity contribution in [2.45, 2.75) is 37.7 Å². The molecule has 2 heterocycles. The number of ether oxygens (including phenoxy) is 1. The Bertz CT molecular complexity index is 1340. The molecular formula is C26H31ClN4O4S2. The van der Waals surface area contributed by atoms with Gasteiger partial charge in [0.2, 0.25) is 5.91 Å². The first-order valence-electron chi connectivity index (χ1n) is 12.0. The number of rotatable bonds is 9. The molecule has 198 valence electrons. The Morgan fingerprint density at radius 1 is 1.14 bits per heavy atom. The normalized spacial score (nSPS) is 16.0. The topological polar surface area (TPSA) is 91.8 Å². The lowest BCUT2D eigenvalue weighted by molar-refractivity contribution is -0.114. The average molecular weight is 563 g/mol. The van der Waals surface area contributed by atoms with Crippen LogP contribution in [0, 0.1) is 13.8 Å². The highest BCUT2D eigenvalue weighted by molar-refractivity contribution is 7.91. The summed E-state index contributed by atoms with van der Waals surface area (Å²) in [5, 5.41) is 3.53. The number of nitrogens with zero attached hydrogens (tertiary/aromatic N) is 3. The van der Waals surface area contributed by atoms with Crippen LogP contribution < -0.4 is 5.32 Å². The molecule has 1 amide bonds. The summed E-state index contributed by atoms with van der Waals surface area (Å²) in [6.45, 7) is 8.06. The molecule has 1 aliphatic rings. The van der Waals surface area contributed by atoms with Gasteiger partial charge in [0.15, 0.2) is 9.34 Å². The van der Waals surface area contributed by atoms with E-state index in [0.717, 1.165) is 22.5 Å². The molecule has 3 aromatic rings. The Hall–Kier alpha value is -2.34. The average Bonchev–Trinajstić information content (AvgIpc) is 3.22. The van der Waals surface area contributed by atoms with E-state index in [0.29, 0.717) is 55.2 Å². The molecule has 1 fully saturated rings. The van der Waals surface area contributed by atoms with Gasteiger partial charge in [-0.05, 0) is 37.1 Å². The Balaban J connectivity index is 1.42. The predicted octanol–water partition coefficient (Wildman–Crippen LogP) is 4.64. The summed E-state index contributed by atoms with van der Waals surface area (Å²) in [5.74, 6) is -0.286. The number of piperazine rings is 1. The largest absolute Gasteiger partial charge is 0.368 e. The third-order valence-electron chi connectivity index (χ3n) is 6.14. The van der Waals surface area contributed by atoms with Crippen molar-refractivity contribution in [2.75, 3.05) is 38.0 Å². The zero-order chi connectivity index (χ0) is 26.6. The van der Waals surface area contributed by atoms with Crippen LogP contribution in [0.1, 0.15) is 35.4 Å². The minimum absolute atomic E-state index is 0.172. The number of hydrogen-bond acceptors (Lipinski definition) is 7. The van der Waals surface area contributed by atoms with Gasteiger partial charge >= 0.3 is 0 Å². The zero-order valence-electron chi connectivity index (χ0n) is 21.1. The molecule has 0 aliphatic carbocycles. The second kappa shape index (κ2) is 12.0. The number of sulfonamides is 1. The molecule has 1 saturated heterocycles. The maximum Gasteiger partial charge on any atom is 0.254 e. The van der Waals surface area contributed by atoms with E-state index in [4.69, 9.17) is 16.3 Å². The second-order valence-corrected chi connectivity index (χ2v) is 12.7. The number of halogens is 1. The van der Waals surface area contributed by atoms with Gasteiger partial charge < -0.3 is 10.1 Å². The van der Waals surface area contributed by atoms with Gasteiger partial charge in [-0.1, -0.05) is 64.9 Å². The lowest BCUT2D eigenvalue weighted by Crippen LogP contribution is -2.49. The number of carbonyl (C=O) groups excluding carboxylic acids is 1. The number of carbonyl (C=O) groups is 1. The van der Waals surface area contributed by atoms with E-state index in [1.807, 2.05) is 36.4 Å². The number of benzene rings is 2. The van der Waals surface area contributed by atoms with E-state index in [-0.39, 0.29) is 16.2 Å². The smallest absolute Gasteiger partial charge is 0.254 e. The van der Waals surface area contributed by atoms with Crippen LogP contribution in [0.15, 0.2) is 52.7 Å². The minimum atomic E-state index is -3.70. The van der Waals surface area contributed by atoms with Crippen molar-refractivity contribution in [3.05, 3.63) is 75.9 Å². The fourth-order valence-corrected chi connectivity index (χ4v) is 7.40. The molecular weight excluding hydrogens is 532 g/mol. The van der Waals surface area contributed by atoms with E-state index in [1.54, 1.807) is 6.92 Å². The Labute approximate surface area is 227 Å². The summed E-state index contributed by atoms with van der Waals surface area (Å²) in [5.41, 5.74) is 3.71. The molecule has 0 saturated carbocycles. The van der Waals surface area contributed by atoms with Gasteiger partial charge in [0.1, 0.15) is 0 Å². The van der Waals surface area contributed by atoms with Gasteiger partial charge in [0.05, 0.1) is 18.4 Å². The summed E-state index contributed by atoms with van der Waals surface area (Å²) in [4.78, 5) is 17.8. The number of aryl methyl sites for hydroxylation is 2. The highest BCUT2D eigenvalue weighted by Gasteiger charge is 2.33. The van der Waals surface area contributed by atoms with Crippen molar-refractivity contribution in [3.63, 3.8) is 0 Å². The van der Waals surface area contributed by atoms with Crippen molar-refractivity contribution < 1.29 is 17.9 Å². The summed E-state index contributed by atoms with van der Waals surface area (Å²) in [6, 6.07) is 15.9. The quantitative estimate of drug-likeness (QED) is 0.409. The molecule has 1 aromatic heterocycles. The van der Waals surface area contributed by atoms with Gasteiger partial charge in [0, 0.05) is 44.7 Å². The summed E-state index contributed by atoms with van der Waals surface area (Å²) < 4.78 is 34.6. The Morgan fingerprint density at radius 3 is 2.49 bits per heavy atom. The lowest BCUT2D eigenvalue weighted by atomic mass is 10.1. The monoisotopic (exact) mass is 562 g/mol. The predicted molar refractivity (Wildman–Crippen MR) is 147 cm³/mol. The van der Waals surface area contributed by atoms with Crippen LogP contribution >= 0.6 is 22.9 Å². The standard InChI is InChI=1S/C26H31ClN4O4S2/c1-18-5-4-6-21(15-18)17-35-24(22-7-9-23(27)10-8-22)16-30-11-13-31(14-12-30)37(33,34)25-19(2)28-26(36-25)29-20(3)32/h4-10,15,24H,11-14,16-17H2,1-3H3,(H,28,29,32). The molecule has 1 unspecified atom stereocenters. The maximum atomic E-state index is 13.3. The maximum absolute atomic E-state index is 13.3. The number of thiazole rings is 1. The molecule has 1 atom stereocenters. The Morgan fingerprint density at radius 2 is 1.84 bits per heavy atom. The molecule has 8 nitrogen and oxygen atoms in total. The van der Waals surface area contributed by atoms with Crippen molar-refractivity contribution in [1.29, 1.82) is 0 Å². The second-order valence-electron chi connectivity index (χ2n) is 9.12. The molecule has 1 aliphatic heterocycles. The van der Waals surface area contributed by atoms with Gasteiger partial charge in [0.25, 0.3) is 10.0 Å². The van der Waals surface area contributed by atoms with Gasteiger partial charge in [-0.2, -0.15) is 4.31 Å². The number of amides is 1. The molecule has 2 aromatic carbocycles. The Kier molecular flexibility index (Phi) is 8.99. The summed E-state index contributed by atoms with van der Waals surface area (Å²) >= 11 is 7.09. The first-order chi connectivity index (χ1) is 17.6. The van der Waals surface area contributed by atoms with Crippen molar-refractivity contribution >= 4 is 44.0 Å². The highest BCUT2D eigenvalue weighted by atomic mass is 35.5. The lowest BCUT2D eigenvalue weighted by Gasteiger charge is -2.35. The van der Waals surface area contributed by atoms with E-state index in [1.165, 1.54) is 16.8 Å². The number of aromatic nitrogens is 1. The molecule has 0 spiro atoms. The van der Waals surface area contributed by atoms with Crippen molar-refractivity contribution in [2.24, 2.45) is 0 Å². The van der Waals surface area contributed by atoms with Crippen LogP contribution in [-0.2, 0) is 26.2 Å². The first kappa shape index (κ1) is 27.7. The van der Waals surface area contributed by atoms with Gasteiger partial charge in [-0.3, -0.25) is 9.69 Å². The zero-order valence-corrected chi connectivity index (χ0v) is 23.5. The highest BCUT2D eigenvalue weighted by Crippen LogP contribution is 2.31. The van der Waals surface area contributed by atoms with Gasteiger partial charge in [-0.15, -0.1) is 0 Å². The number of nitrogens with one attached hydrogen (secondary N) is 1. The fraction of sp³-hybridized carbons (Fsp3) is 0.385. The van der Waals surface area contributed by atoms with Crippen LogP contribution in [0.2, 0.25) is 5.02 Å². The molecule has 1 N–H and O–H groups in total. The van der Waals surface area contributed by atoms with Crippen LogP contribution in [0.3, 0.4) is 0 Å². The van der Waals surface area contributed by atoms with Crippen LogP contribution in [0.5, 0.6) is 0 Å². The first-order valence-corrected chi connectivity index (χ1v) is 14.7. The molecule has 0 bridgehead atoms. The van der Waals surface area contributed by atoms with Crippen LogP contribution in [0.25, 0.3) is 0 Å². The van der Waals surface area contributed by atoms with E-state index in [2.05, 4.69) is 34.3 Å². The van der Waals surface area contributed by atoms with Gasteiger partial charge in [-0.25, -0.2) is 13.4 Å². The fourth-order valence-electron chi connectivity index (χ4n) is 4.26. The molecule has 37 heavy (non-hydrogen) atoms. The molecule has 0 radical (unpaired) electrons. The van der Waals surface area contributed by atoms with E-state index >= 15 is 0 Å². The van der Waals surface area contributed by atoms with Crippen LogP contribution in [-0.4, -0.2) is 61.2 Å². The number of anilines is 1. The van der Waals surface area contributed by atoms with Crippen LogP contribution in [0.4, 0.5) is 5.13 Å². The summed E-state index contributed by atoms with van der Waals surface area (Å²) in [7, 11) is -3.70. The van der Waals surface area contributed by atoms with Crippen molar-refractivity contribution in [3.8, 4) is 0 Å². The molecule has 11 heteroatoms. The summed E-state index contributed by atoms with van der Waals surface area (Å²) in [6.07, 6.45) is -0.190. The van der Waals surface area contributed by atoms with Crippen molar-refractivity contribution in [1.82, 2.24) is 14.2 Å². The third-order valence-corrected chi connectivity index (χ3v) is 9.95. The molecule has 4 rings (SSSR count). The number of hydrogen-bond donors (Lipinski definition) is 1.